The maximum atomic E-state index is 11.7. The lowest BCUT2D eigenvalue weighted by atomic mass is 9.76. The summed E-state index contributed by atoms with van der Waals surface area (Å²) in [6, 6.07) is 0. The van der Waals surface area contributed by atoms with Crippen molar-refractivity contribution in [1.82, 2.24) is 0 Å². The van der Waals surface area contributed by atoms with Gasteiger partial charge in [-0.3, -0.25) is 0 Å². The van der Waals surface area contributed by atoms with Crippen LogP contribution in [0.25, 0.3) is 0 Å². The summed E-state index contributed by atoms with van der Waals surface area (Å²) in [4.78, 5) is 11.7. The van der Waals surface area contributed by atoms with Crippen molar-refractivity contribution >= 4 is 5.97 Å². The van der Waals surface area contributed by atoms with Gasteiger partial charge in [-0.1, -0.05) is 25.7 Å². The van der Waals surface area contributed by atoms with Gasteiger partial charge in [-0.15, -0.1) is 0 Å². The third kappa shape index (κ3) is 2.69. The molecule has 0 spiro atoms. The third-order valence-corrected chi connectivity index (χ3v) is 4.27. The topological polar surface area (TPSA) is 66.8 Å². The van der Waals surface area contributed by atoms with Gasteiger partial charge in [0, 0.05) is 12.5 Å². The van der Waals surface area contributed by atoms with Gasteiger partial charge in [0.25, 0.3) is 0 Å². The number of carbonyl (C=O) groups is 1. The van der Waals surface area contributed by atoms with E-state index < -0.39 is 17.7 Å². The lowest BCUT2D eigenvalue weighted by Crippen LogP contribution is -2.57. The molecular formula is C14H24O4. The normalized spacial score (nSPS) is 35.3. The van der Waals surface area contributed by atoms with E-state index in [9.17, 15) is 15.0 Å². The van der Waals surface area contributed by atoms with Gasteiger partial charge in [-0.2, -0.15) is 0 Å². The Morgan fingerprint density at radius 3 is 2.22 bits per heavy atom. The maximum Gasteiger partial charge on any atom is 0.338 e. The van der Waals surface area contributed by atoms with E-state index in [0.29, 0.717) is 25.9 Å². The number of carboxylic acid groups (broad SMARTS) is 1. The van der Waals surface area contributed by atoms with Crippen LogP contribution in [-0.4, -0.2) is 34.5 Å². The summed E-state index contributed by atoms with van der Waals surface area (Å²) in [7, 11) is 0. The van der Waals surface area contributed by atoms with Gasteiger partial charge < -0.3 is 14.9 Å². The fraction of sp³-hybridized carbons (Fsp3) is 0.929. The summed E-state index contributed by atoms with van der Waals surface area (Å²) in [5.41, 5.74) is -2.07. The smallest absolute Gasteiger partial charge is 0.338 e. The Morgan fingerprint density at radius 1 is 1.11 bits per heavy atom. The molecule has 1 heterocycles. The van der Waals surface area contributed by atoms with Crippen LogP contribution in [-0.2, 0) is 9.53 Å². The summed E-state index contributed by atoms with van der Waals surface area (Å²) in [6.45, 7) is 0.367. The van der Waals surface area contributed by atoms with Gasteiger partial charge >= 0.3 is 5.97 Å². The molecule has 2 aliphatic rings. The first-order chi connectivity index (χ1) is 9.01. The highest BCUT2D eigenvalue weighted by molar-refractivity contribution is 5.78. The Balaban J connectivity index is 2.27. The molecule has 1 saturated heterocycles. The second-order valence-corrected chi connectivity index (χ2v) is 5.49. The zero-order valence-corrected chi connectivity index (χ0v) is 10.9. The standard InChI is InChI=1S/C14H24O4/c15-13(16)14(17,12-9-5-6-10-18-12)11-7-3-1-2-4-8-11/h11-12,17H,1-10H2,(H,15,16)/i12D. The fourth-order valence-electron chi connectivity index (χ4n) is 3.17. The van der Waals surface area contributed by atoms with Gasteiger partial charge in [0.1, 0.15) is 0 Å². The fourth-order valence-corrected chi connectivity index (χ4v) is 3.17. The Bertz CT molecular complexity index is 319. The molecule has 0 radical (unpaired) electrons. The second kappa shape index (κ2) is 6.02. The van der Waals surface area contributed by atoms with Crippen molar-refractivity contribution in [3.8, 4) is 0 Å². The SMILES string of the molecule is [2H]C1(C(O)(C(=O)O)C2CCCCCC2)CCCCO1. The van der Waals surface area contributed by atoms with Gasteiger partial charge in [-0.05, 0) is 32.1 Å². The Hall–Kier alpha value is -0.610. The van der Waals surface area contributed by atoms with Gasteiger partial charge in [-0.25, -0.2) is 4.79 Å². The summed E-state index contributed by atoms with van der Waals surface area (Å²) < 4.78 is 13.8. The zero-order valence-electron chi connectivity index (χ0n) is 11.9. The van der Waals surface area contributed by atoms with Crippen molar-refractivity contribution in [3.05, 3.63) is 0 Å². The molecule has 0 aromatic heterocycles. The minimum absolute atomic E-state index is 0.298. The van der Waals surface area contributed by atoms with Crippen molar-refractivity contribution in [2.45, 2.75) is 69.5 Å². The molecule has 2 fully saturated rings. The molecule has 104 valence electrons. The number of hydrogen-bond acceptors (Lipinski definition) is 3. The molecule has 0 aromatic carbocycles. The van der Waals surface area contributed by atoms with Gasteiger partial charge in [0.15, 0.2) is 5.60 Å². The highest BCUT2D eigenvalue weighted by atomic mass is 16.5. The van der Waals surface area contributed by atoms with E-state index in [4.69, 9.17) is 6.11 Å². The van der Waals surface area contributed by atoms with Crippen LogP contribution in [0.1, 0.15) is 59.2 Å². The predicted octanol–water partition coefficient (Wildman–Crippen LogP) is 2.34. The third-order valence-electron chi connectivity index (χ3n) is 4.27. The number of aliphatic hydroxyl groups is 1. The Labute approximate surface area is 110 Å². The van der Waals surface area contributed by atoms with Crippen molar-refractivity contribution in [2.75, 3.05) is 6.61 Å². The molecule has 1 saturated carbocycles. The highest BCUT2D eigenvalue weighted by Crippen LogP contribution is 2.38. The van der Waals surface area contributed by atoms with Crippen molar-refractivity contribution < 1.29 is 21.1 Å². The van der Waals surface area contributed by atoms with Crippen LogP contribution in [0.4, 0.5) is 0 Å². The Kier molecular flexibility index (Phi) is 4.16. The monoisotopic (exact) mass is 257 g/mol. The summed E-state index contributed by atoms with van der Waals surface area (Å²) in [5, 5.41) is 20.4. The van der Waals surface area contributed by atoms with Gasteiger partial charge in [0.2, 0.25) is 0 Å². The van der Waals surface area contributed by atoms with E-state index in [0.717, 1.165) is 38.5 Å². The van der Waals surface area contributed by atoms with E-state index in [-0.39, 0.29) is 5.92 Å². The van der Waals surface area contributed by atoms with E-state index in [1.807, 2.05) is 0 Å². The number of ether oxygens (including phenoxy) is 1. The molecule has 0 amide bonds. The molecule has 4 nitrogen and oxygen atoms in total. The minimum Gasteiger partial charge on any atom is -0.479 e. The average Bonchev–Trinajstić information content (AvgIpc) is 2.67. The predicted molar refractivity (Wildman–Crippen MR) is 67.4 cm³/mol. The first-order valence-electron chi connectivity index (χ1n) is 7.60. The van der Waals surface area contributed by atoms with Crippen LogP contribution in [0.15, 0.2) is 0 Å². The molecule has 1 aliphatic heterocycles. The number of rotatable bonds is 3. The quantitative estimate of drug-likeness (QED) is 0.762. The average molecular weight is 257 g/mol. The van der Waals surface area contributed by atoms with Crippen molar-refractivity contribution in [1.29, 1.82) is 0 Å². The van der Waals surface area contributed by atoms with Crippen molar-refractivity contribution in [2.24, 2.45) is 5.92 Å². The van der Waals surface area contributed by atoms with E-state index >= 15 is 0 Å². The first kappa shape index (κ1) is 12.4. The lowest BCUT2D eigenvalue weighted by molar-refractivity contribution is -0.195. The lowest BCUT2D eigenvalue weighted by Gasteiger charge is -2.40. The highest BCUT2D eigenvalue weighted by Gasteiger charge is 2.51. The van der Waals surface area contributed by atoms with Crippen LogP contribution < -0.4 is 0 Å². The van der Waals surface area contributed by atoms with E-state index in [2.05, 4.69) is 0 Å². The van der Waals surface area contributed by atoms with Crippen LogP contribution in [0.2, 0.25) is 0 Å². The minimum atomic E-state index is -2.07. The largest absolute Gasteiger partial charge is 0.479 e. The summed E-state index contributed by atoms with van der Waals surface area (Å²) >= 11 is 0. The summed E-state index contributed by atoms with van der Waals surface area (Å²) in [6.07, 6.45) is 5.55. The van der Waals surface area contributed by atoms with Crippen LogP contribution >= 0.6 is 0 Å². The first-order valence-corrected chi connectivity index (χ1v) is 7.10. The molecular weight excluding hydrogens is 232 g/mol. The second-order valence-electron chi connectivity index (χ2n) is 5.49. The molecule has 2 atom stereocenters. The molecule has 1 aliphatic carbocycles. The Morgan fingerprint density at radius 2 is 1.72 bits per heavy atom. The van der Waals surface area contributed by atoms with Crippen molar-refractivity contribution in [3.63, 3.8) is 0 Å². The van der Waals surface area contributed by atoms with Crippen LogP contribution in [0.5, 0.6) is 0 Å². The molecule has 2 rings (SSSR count). The van der Waals surface area contributed by atoms with Gasteiger partial charge in [0.05, 0.1) is 7.45 Å². The molecule has 2 N–H and O–H groups in total. The number of aliphatic carboxylic acids is 1. The molecule has 2 unspecified atom stereocenters. The van der Waals surface area contributed by atoms with E-state index in [1.165, 1.54) is 0 Å². The molecule has 18 heavy (non-hydrogen) atoms. The van der Waals surface area contributed by atoms with Crippen LogP contribution in [0.3, 0.4) is 0 Å². The zero-order chi connectivity index (χ0) is 13.9. The molecule has 0 bridgehead atoms. The molecule has 0 aromatic rings. The molecule has 4 heteroatoms. The maximum absolute atomic E-state index is 11.7. The number of hydrogen-bond donors (Lipinski definition) is 2. The summed E-state index contributed by atoms with van der Waals surface area (Å²) in [5.74, 6) is -1.67. The number of carboxylic acids is 1. The van der Waals surface area contributed by atoms with E-state index in [1.54, 1.807) is 0 Å². The van der Waals surface area contributed by atoms with Crippen LogP contribution in [0, 0.1) is 5.92 Å².